The third-order valence-corrected chi connectivity index (χ3v) is 3.42. The average molecular weight is 302 g/mol. The number of aromatic nitrogens is 2. The molecule has 1 aromatic carbocycles. The standard InChI is InChI=1S/C17H26N4O/c1-11(2)21-12(3)19-14-9-13(7-8-15(14)21)20-16(22)18-10-17(4,5)6/h7-9,11H,10H2,1-6H3,(H2,18,20,22). The van der Waals surface area contributed by atoms with Crippen molar-refractivity contribution in [2.75, 3.05) is 11.9 Å². The van der Waals surface area contributed by atoms with E-state index in [4.69, 9.17) is 0 Å². The van der Waals surface area contributed by atoms with E-state index in [-0.39, 0.29) is 11.4 Å². The number of nitrogens with zero attached hydrogens (tertiary/aromatic N) is 2. The SMILES string of the molecule is Cc1nc2cc(NC(=O)NCC(C)(C)C)ccc2n1C(C)C. The number of anilines is 1. The van der Waals surface area contributed by atoms with Gasteiger partial charge in [0.2, 0.25) is 0 Å². The summed E-state index contributed by atoms with van der Waals surface area (Å²) in [4.78, 5) is 16.5. The number of fused-ring (bicyclic) bond motifs is 1. The van der Waals surface area contributed by atoms with E-state index in [1.54, 1.807) is 0 Å². The van der Waals surface area contributed by atoms with Gasteiger partial charge in [0.1, 0.15) is 5.82 Å². The predicted octanol–water partition coefficient (Wildman–Crippen LogP) is 4.09. The van der Waals surface area contributed by atoms with E-state index < -0.39 is 0 Å². The normalized spacial score (nSPS) is 12.0. The Balaban J connectivity index is 2.15. The molecule has 5 nitrogen and oxygen atoms in total. The molecule has 0 radical (unpaired) electrons. The van der Waals surface area contributed by atoms with Gasteiger partial charge in [-0.05, 0) is 44.4 Å². The molecule has 1 heterocycles. The van der Waals surface area contributed by atoms with Gasteiger partial charge in [0.15, 0.2) is 0 Å². The van der Waals surface area contributed by atoms with Crippen LogP contribution in [0, 0.1) is 12.3 Å². The molecule has 0 saturated carbocycles. The van der Waals surface area contributed by atoms with E-state index in [1.165, 1.54) is 0 Å². The second-order valence-corrected chi connectivity index (χ2v) is 7.19. The first-order chi connectivity index (χ1) is 10.2. The number of urea groups is 1. The van der Waals surface area contributed by atoms with E-state index in [9.17, 15) is 4.79 Å². The van der Waals surface area contributed by atoms with Crippen LogP contribution in [0.3, 0.4) is 0 Å². The Hall–Kier alpha value is -2.04. The van der Waals surface area contributed by atoms with E-state index >= 15 is 0 Å². The number of amides is 2. The summed E-state index contributed by atoms with van der Waals surface area (Å²) in [5, 5.41) is 5.74. The quantitative estimate of drug-likeness (QED) is 0.897. The fraction of sp³-hybridized carbons (Fsp3) is 0.529. The molecule has 5 heteroatoms. The van der Waals surface area contributed by atoms with Crippen molar-refractivity contribution in [1.82, 2.24) is 14.9 Å². The highest BCUT2D eigenvalue weighted by Gasteiger charge is 2.13. The first-order valence-electron chi connectivity index (χ1n) is 7.71. The van der Waals surface area contributed by atoms with Crippen LogP contribution in [0.4, 0.5) is 10.5 Å². The number of carbonyl (C=O) groups is 1. The fourth-order valence-corrected chi connectivity index (χ4v) is 2.47. The minimum atomic E-state index is -0.186. The number of hydrogen-bond donors (Lipinski definition) is 2. The molecule has 0 spiro atoms. The lowest BCUT2D eigenvalue weighted by Crippen LogP contribution is -2.35. The third kappa shape index (κ3) is 3.78. The largest absolute Gasteiger partial charge is 0.337 e. The summed E-state index contributed by atoms with van der Waals surface area (Å²) in [6, 6.07) is 6.01. The molecule has 1 aromatic heterocycles. The topological polar surface area (TPSA) is 59.0 Å². The molecule has 2 rings (SSSR count). The predicted molar refractivity (Wildman–Crippen MR) is 91.3 cm³/mol. The van der Waals surface area contributed by atoms with Gasteiger partial charge in [-0.2, -0.15) is 0 Å². The molecule has 0 aliphatic carbocycles. The maximum Gasteiger partial charge on any atom is 0.319 e. The van der Waals surface area contributed by atoms with Crippen molar-refractivity contribution in [3.8, 4) is 0 Å². The Morgan fingerprint density at radius 1 is 1.32 bits per heavy atom. The zero-order chi connectivity index (χ0) is 16.5. The number of benzene rings is 1. The van der Waals surface area contributed by atoms with Crippen molar-refractivity contribution < 1.29 is 4.79 Å². The summed E-state index contributed by atoms with van der Waals surface area (Å²) in [5.74, 6) is 0.985. The summed E-state index contributed by atoms with van der Waals surface area (Å²) in [5.41, 5.74) is 2.81. The van der Waals surface area contributed by atoms with Crippen LogP contribution in [0.25, 0.3) is 11.0 Å². The number of aryl methyl sites for hydroxylation is 1. The van der Waals surface area contributed by atoms with Crippen molar-refractivity contribution >= 4 is 22.8 Å². The molecule has 22 heavy (non-hydrogen) atoms. The van der Waals surface area contributed by atoms with Gasteiger partial charge in [-0.3, -0.25) is 0 Å². The highest BCUT2D eigenvalue weighted by atomic mass is 16.2. The van der Waals surface area contributed by atoms with Gasteiger partial charge >= 0.3 is 6.03 Å². The second kappa shape index (κ2) is 5.99. The Bertz CT molecular complexity index is 680. The number of rotatable bonds is 3. The van der Waals surface area contributed by atoms with Gasteiger partial charge < -0.3 is 15.2 Å². The summed E-state index contributed by atoms with van der Waals surface area (Å²) in [6.07, 6.45) is 0. The molecule has 0 aliphatic rings. The lowest BCUT2D eigenvalue weighted by atomic mass is 9.97. The van der Waals surface area contributed by atoms with Crippen molar-refractivity contribution in [3.63, 3.8) is 0 Å². The van der Waals surface area contributed by atoms with Crippen LogP contribution in [0.1, 0.15) is 46.5 Å². The van der Waals surface area contributed by atoms with Crippen molar-refractivity contribution in [2.45, 2.75) is 47.6 Å². The first-order valence-corrected chi connectivity index (χ1v) is 7.71. The molecule has 0 unspecified atom stereocenters. The minimum absolute atomic E-state index is 0.0639. The van der Waals surface area contributed by atoms with Crippen LogP contribution in [0.2, 0.25) is 0 Å². The highest BCUT2D eigenvalue weighted by Crippen LogP contribution is 2.23. The lowest BCUT2D eigenvalue weighted by Gasteiger charge is -2.19. The lowest BCUT2D eigenvalue weighted by molar-refractivity contribution is 0.247. The molecule has 2 N–H and O–H groups in total. The zero-order valence-electron chi connectivity index (χ0n) is 14.3. The average Bonchev–Trinajstić information content (AvgIpc) is 2.70. The van der Waals surface area contributed by atoms with Crippen molar-refractivity contribution in [2.24, 2.45) is 5.41 Å². The summed E-state index contributed by atoms with van der Waals surface area (Å²) in [7, 11) is 0. The summed E-state index contributed by atoms with van der Waals surface area (Å²) >= 11 is 0. The molecular formula is C17H26N4O. The van der Waals surface area contributed by atoms with Crippen molar-refractivity contribution in [1.29, 1.82) is 0 Å². The van der Waals surface area contributed by atoms with Gasteiger partial charge in [0.25, 0.3) is 0 Å². The monoisotopic (exact) mass is 302 g/mol. The van der Waals surface area contributed by atoms with E-state index in [2.05, 4.69) is 54.8 Å². The van der Waals surface area contributed by atoms with Gasteiger partial charge in [0.05, 0.1) is 11.0 Å². The molecule has 0 bridgehead atoms. The summed E-state index contributed by atoms with van der Waals surface area (Å²) in [6.45, 7) is 13.2. The van der Waals surface area contributed by atoms with Crippen LogP contribution < -0.4 is 10.6 Å². The van der Waals surface area contributed by atoms with E-state index in [0.29, 0.717) is 12.6 Å². The summed E-state index contributed by atoms with van der Waals surface area (Å²) < 4.78 is 2.19. The van der Waals surface area contributed by atoms with Gasteiger partial charge in [-0.1, -0.05) is 20.8 Å². The molecule has 120 valence electrons. The highest BCUT2D eigenvalue weighted by molar-refractivity contribution is 5.92. The maximum atomic E-state index is 11.9. The third-order valence-electron chi connectivity index (χ3n) is 3.42. The fourth-order valence-electron chi connectivity index (χ4n) is 2.47. The zero-order valence-corrected chi connectivity index (χ0v) is 14.3. The Kier molecular flexibility index (Phi) is 4.44. The number of hydrogen-bond acceptors (Lipinski definition) is 2. The van der Waals surface area contributed by atoms with Gasteiger partial charge in [0, 0.05) is 18.3 Å². The van der Waals surface area contributed by atoms with E-state index in [0.717, 1.165) is 22.5 Å². The number of nitrogens with one attached hydrogen (secondary N) is 2. The number of carbonyl (C=O) groups excluding carboxylic acids is 1. The molecule has 0 fully saturated rings. The molecule has 0 saturated heterocycles. The van der Waals surface area contributed by atoms with E-state index in [1.807, 2.05) is 25.1 Å². The molecule has 2 aromatic rings. The molecular weight excluding hydrogens is 276 g/mol. The molecule has 2 amide bonds. The second-order valence-electron chi connectivity index (χ2n) is 7.19. The van der Waals surface area contributed by atoms with Crippen LogP contribution in [-0.2, 0) is 0 Å². The Morgan fingerprint density at radius 2 is 2.00 bits per heavy atom. The minimum Gasteiger partial charge on any atom is -0.337 e. The van der Waals surface area contributed by atoms with Crippen LogP contribution in [0.15, 0.2) is 18.2 Å². The van der Waals surface area contributed by atoms with Crippen LogP contribution >= 0.6 is 0 Å². The molecule has 0 atom stereocenters. The van der Waals surface area contributed by atoms with Crippen molar-refractivity contribution in [3.05, 3.63) is 24.0 Å². The number of imidazole rings is 1. The first kappa shape index (κ1) is 16.3. The molecule has 0 aliphatic heterocycles. The Morgan fingerprint density at radius 3 is 2.59 bits per heavy atom. The van der Waals surface area contributed by atoms with Gasteiger partial charge in [-0.15, -0.1) is 0 Å². The van der Waals surface area contributed by atoms with Crippen LogP contribution in [-0.4, -0.2) is 22.1 Å². The Labute approximate surface area is 132 Å². The van der Waals surface area contributed by atoms with Gasteiger partial charge in [-0.25, -0.2) is 9.78 Å². The van der Waals surface area contributed by atoms with Crippen LogP contribution in [0.5, 0.6) is 0 Å². The maximum absolute atomic E-state index is 11.9. The smallest absolute Gasteiger partial charge is 0.319 e.